The van der Waals surface area contributed by atoms with Gasteiger partial charge in [0.25, 0.3) is 0 Å². The monoisotopic (exact) mass is 349 g/mol. The summed E-state index contributed by atoms with van der Waals surface area (Å²) >= 11 is 0. The van der Waals surface area contributed by atoms with Gasteiger partial charge < -0.3 is 9.30 Å². The molecule has 26 heavy (non-hydrogen) atoms. The molecule has 0 radical (unpaired) electrons. The third-order valence-corrected chi connectivity index (χ3v) is 4.28. The number of esters is 1. The third-order valence-electron chi connectivity index (χ3n) is 4.28. The number of hydrogen-bond donors (Lipinski definition) is 0. The topological polar surface area (TPSA) is 74.1 Å². The van der Waals surface area contributed by atoms with Crippen LogP contribution in [-0.2, 0) is 16.6 Å². The Bertz CT molecular complexity index is 1020. The summed E-state index contributed by atoms with van der Waals surface area (Å²) in [6, 6.07) is 9.27. The summed E-state index contributed by atoms with van der Waals surface area (Å²) in [4.78, 5) is 32.7. The van der Waals surface area contributed by atoms with Gasteiger partial charge in [0.15, 0.2) is 6.61 Å². The molecule has 0 bridgehead atoms. The van der Waals surface area contributed by atoms with Crippen LogP contribution in [0.5, 0.6) is 0 Å². The van der Waals surface area contributed by atoms with Gasteiger partial charge in [-0.1, -0.05) is 12.1 Å². The molecule has 0 saturated heterocycles. The maximum absolute atomic E-state index is 12.2. The van der Waals surface area contributed by atoms with E-state index in [1.54, 1.807) is 12.3 Å². The van der Waals surface area contributed by atoms with E-state index in [0.29, 0.717) is 11.3 Å². The SMILES string of the molecule is Cc1cc(C(=O)COC(=O)C=Cc2cnc3ccccc3n2)c(C)n1C. The zero-order chi connectivity index (χ0) is 18.7. The number of para-hydroxylation sites is 2. The molecule has 0 aliphatic carbocycles. The second-order valence-electron chi connectivity index (χ2n) is 5.99. The Morgan fingerprint density at radius 2 is 1.92 bits per heavy atom. The lowest BCUT2D eigenvalue weighted by atomic mass is 10.1. The van der Waals surface area contributed by atoms with Crippen molar-refractivity contribution in [2.24, 2.45) is 7.05 Å². The number of nitrogens with zero attached hydrogens (tertiary/aromatic N) is 3. The maximum atomic E-state index is 12.2. The molecule has 6 nitrogen and oxygen atoms in total. The van der Waals surface area contributed by atoms with Crippen LogP contribution in [0.25, 0.3) is 17.1 Å². The number of rotatable bonds is 5. The van der Waals surface area contributed by atoms with E-state index >= 15 is 0 Å². The van der Waals surface area contributed by atoms with Gasteiger partial charge in [-0.05, 0) is 38.1 Å². The summed E-state index contributed by atoms with van der Waals surface area (Å²) in [6.07, 6.45) is 4.34. The fourth-order valence-electron chi connectivity index (χ4n) is 2.61. The molecule has 3 aromatic rings. The maximum Gasteiger partial charge on any atom is 0.331 e. The van der Waals surface area contributed by atoms with Crippen molar-refractivity contribution in [1.29, 1.82) is 0 Å². The average molecular weight is 349 g/mol. The largest absolute Gasteiger partial charge is 0.454 e. The quantitative estimate of drug-likeness (QED) is 0.402. The van der Waals surface area contributed by atoms with Gasteiger partial charge >= 0.3 is 5.97 Å². The number of carbonyl (C=O) groups excluding carboxylic acids is 2. The van der Waals surface area contributed by atoms with E-state index in [2.05, 4.69) is 9.97 Å². The van der Waals surface area contributed by atoms with E-state index in [0.717, 1.165) is 22.4 Å². The highest BCUT2D eigenvalue weighted by Crippen LogP contribution is 2.14. The molecule has 0 aliphatic rings. The number of ether oxygens (including phenoxy) is 1. The van der Waals surface area contributed by atoms with Crippen molar-refractivity contribution in [3.63, 3.8) is 0 Å². The first-order chi connectivity index (χ1) is 12.5. The van der Waals surface area contributed by atoms with Crippen LogP contribution in [0, 0.1) is 13.8 Å². The van der Waals surface area contributed by atoms with Crippen LogP contribution < -0.4 is 0 Å². The van der Waals surface area contributed by atoms with Crippen molar-refractivity contribution in [3.05, 3.63) is 65.2 Å². The van der Waals surface area contributed by atoms with Gasteiger partial charge in [0.1, 0.15) is 0 Å². The molecule has 1 aromatic carbocycles. The minimum atomic E-state index is -0.599. The molecule has 0 fully saturated rings. The lowest BCUT2D eigenvalue weighted by Crippen LogP contribution is -2.13. The summed E-state index contributed by atoms with van der Waals surface area (Å²) < 4.78 is 6.96. The van der Waals surface area contributed by atoms with Gasteiger partial charge in [0.2, 0.25) is 5.78 Å². The van der Waals surface area contributed by atoms with Crippen molar-refractivity contribution >= 4 is 28.9 Å². The highest BCUT2D eigenvalue weighted by Gasteiger charge is 2.15. The number of fused-ring (bicyclic) bond motifs is 1. The highest BCUT2D eigenvalue weighted by molar-refractivity contribution is 6.00. The van der Waals surface area contributed by atoms with Crippen LogP contribution in [0.1, 0.15) is 27.4 Å². The Kier molecular flexibility index (Phi) is 4.93. The Morgan fingerprint density at radius 3 is 2.62 bits per heavy atom. The second-order valence-corrected chi connectivity index (χ2v) is 5.99. The fourth-order valence-corrected chi connectivity index (χ4v) is 2.61. The van der Waals surface area contributed by atoms with Crippen molar-refractivity contribution < 1.29 is 14.3 Å². The number of aryl methyl sites for hydroxylation is 1. The van der Waals surface area contributed by atoms with Gasteiger partial charge in [0, 0.05) is 30.1 Å². The molecule has 0 atom stereocenters. The molecule has 0 N–H and O–H groups in total. The van der Waals surface area contributed by atoms with Gasteiger partial charge in [-0.2, -0.15) is 0 Å². The predicted molar refractivity (Wildman–Crippen MR) is 98.7 cm³/mol. The van der Waals surface area contributed by atoms with E-state index < -0.39 is 5.97 Å². The summed E-state index contributed by atoms with van der Waals surface area (Å²) in [5, 5.41) is 0. The van der Waals surface area contributed by atoms with E-state index in [1.165, 1.54) is 12.2 Å². The molecule has 2 aromatic heterocycles. The van der Waals surface area contributed by atoms with Gasteiger partial charge in [0.05, 0.1) is 22.9 Å². The van der Waals surface area contributed by atoms with Crippen LogP contribution in [0.15, 0.2) is 42.6 Å². The number of ketones is 1. The Hall–Kier alpha value is -3.28. The first-order valence-electron chi connectivity index (χ1n) is 8.18. The molecule has 6 heteroatoms. The molecule has 3 rings (SSSR count). The molecular formula is C20H19N3O3. The molecule has 0 saturated carbocycles. The van der Waals surface area contributed by atoms with Crippen LogP contribution >= 0.6 is 0 Å². The Labute approximate surface area is 151 Å². The standard InChI is InChI=1S/C20H19N3O3/c1-13-10-16(14(2)23(13)3)19(24)12-26-20(25)9-8-15-11-21-17-6-4-5-7-18(17)22-15/h4-11H,12H2,1-3H3. The molecule has 132 valence electrons. The van der Waals surface area contributed by atoms with Crippen molar-refractivity contribution in [2.45, 2.75) is 13.8 Å². The normalized spacial score (nSPS) is 11.2. The summed E-state index contributed by atoms with van der Waals surface area (Å²) in [7, 11) is 1.89. The van der Waals surface area contributed by atoms with Gasteiger partial charge in [-0.15, -0.1) is 0 Å². The van der Waals surface area contributed by atoms with Crippen LogP contribution in [0.3, 0.4) is 0 Å². The fraction of sp³-hybridized carbons (Fsp3) is 0.200. The minimum Gasteiger partial charge on any atom is -0.454 e. The lowest BCUT2D eigenvalue weighted by molar-refractivity contribution is -0.136. The predicted octanol–water partition coefficient (Wildman–Crippen LogP) is 3.02. The first kappa shape index (κ1) is 17.5. The zero-order valence-corrected chi connectivity index (χ0v) is 14.9. The van der Waals surface area contributed by atoms with Gasteiger partial charge in [-0.3, -0.25) is 9.78 Å². The van der Waals surface area contributed by atoms with Crippen molar-refractivity contribution in [3.8, 4) is 0 Å². The molecule has 2 heterocycles. The van der Waals surface area contributed by atoms with Crippen molar-refractivity contribution in [1.82, 2.24) is 14.5 Å². The number of benzene rings is 1. The van der Waals surface area contributed by atoms with Crippen LogP contribution in [0.4, 0.5) is 0 Å². The molecule has 0 aliphatic heterocycles. The Morgan fingerprint density at radius 1 is 1.19 bits per heavy atom. The smallest absolute Gasteiger partial charge is 0.331 e. The average Bonchev–Trinajstić information content (AvgIpc) is 2.91. The minimum absolute atomic E-state index is 0.224. The van der Waals surface area contributed by atoms with E-state index in [-0.39, 0.29) is 12.4 Å². The highest BCUT2D eigenvalue weighted by atomic mass is 16.5. The lowest BCUT2D eigenvalue weighted by Gasteiger charge is -2.03. The second kappa shape index (κ2) is 7.31. The van der Waals surface area contributed by atoms with E-state index in [4.69, 9.17) is 4.74 Å². The first-order valence-corrected chi connectivity index (χ1v) is 8.18. The van der Waals surface area contributed by atoms with Crippen molar-refractivity contribution in [2.75, 3.05) is 6.61 Å². The summed E-state index contributed by atoms with van der Waals surface area (Å²) in [5.74, 6) is -0.822. The zero-order valence-electron chi connectivity index (χ0n) is 14.9. The summed E-state index contributed by atoms with van der Waals surface area (Å²) in [6.45, 7) is 3.49. The molecular weight excluding hydrogens is 330 g/mol. The Balaban J connectivity index is 1.61. The van der Waals surface area contributed by atoms with E-state index in [1.807, 2.05) is 49.7 Å². The molecule has 0 unspecified atom stereocenters. The van der Waals surface area contributed by atoms with Crippen LogP contribution in [0.2, 0.25) is 0 Å². The van der Waals surface area contributed by atoms with Crippen LogP contribution in [-0.4, -0.2) is 32.9 Å². The summed E-state index contributed by atoms with van der Waals surface area (Å²) in [5.41, 5.74) is 4.47. The van der Waals surface area contributed by atoms with Gasteiger partial charge in [-0.25, -0.2) is 9.78 Å². The number of Topliss-reactive ketones (excluding diaryl/α,β-unsaturated/α-hetero) is 1. The molecule has 0 spiro atoms. The number of aromatic nitrogens is 3. The number of carbonyl (C=O) groups is 2. The number of hydrogen-bond acceptors (Lipinski definition) is 5. The van der Waals surface area contributed by atoms with E-state index in [9.17, 15) is 9.59 Å². The molecule has 0 amide bonds. The third kappa shape index (κ3) is 3.69.